The fourth-order valence-electron chi connectivity index (χ4n) is 1.95. The van der Waals surface area contributed by atoms with Crippen LogP contribution in [-0.4, -0.2) is 37.7 Å². The highest BCUT2D eigenvalue weighted by atomic mass is 32.2. The van der Waals surface area contributed by atoms with Crippen LogP contribution < -0.4 is 5.32 Å². The molecule has 1 aromatic rings. The number of benzene rings is 1. The average Bonchev–Trinajstić information content (AvgIpc) is 3.26. The zero-order valence-electron chi connectivity index (χ0n) is 11.6. The predicted molar refractivity (Wildman–Crippen MR) is 75.8 cm³/mol. The van der Waals surface area contributed by atoms with Crippen LogP contribution >= 0.6 is 0 Å². The number of amides is 1. The van der Waals surface area contributed by atoms with Gasteiger partial charge in [-0.2, -0.15) is 0 Å². The summed E-state index contributed by atoms with van der Waals surface area (Å²) in [5.41, 5.74) is -0.507. The molecule has 7 heteroatoms. The molecule has 114 valence electrons. The molecule has 6 nitrogen and oxygen atoms in total. The Morgan fingerprint density at radius 3 is 2.24 bits per heavy atom. The van der Waals surface area contributed by atoms with Crippen molar-refractivity contribution in [3.05, 3.63) is 29.8 Å². The zero-order valence-corrected chi connectivity index (χ0v) is 12.4. The van der Waals surface area contributed by atoms with Crippen molar-refractivity contribution in [1.82, 2.24) is 5.32 Å². The molecule has 1 aliphatic carbocycles. The second kappa shape index (κ2) is 5.48. The molecule has 0 atom stereocenters. The molecule has 0 saturated heterocycles. The fourth-order valence-corrected chi connectivity index (χ4v) is 2.83. The predicted octanol–water partition coefficient (Wildman–Crippen LogP) is 1.07. The van der Waals surface area contributed by atoms with Crippen molar-refractivity contribution in [2.45, 2.75) is 24.7 Å². The van der Waals surface area contributed by atoms with Gasteiger partial charge < -0.3 is 10.4 Å². The number of carbonyl (C=O) groups is 2. The number of nitrogens with one attached hydrogen (secondary N) is 1. The Labute approximate surface area is 123 Å². The Morgan fingerprint density at radius 2 is 1.81 bits per heavy atom. The standard InChI is InChI=1S/C14H17NO5S/c1-2-21(19,20)11-5-3-10(4-6-11)12(16)15-9-14(7-8-14)13(17)18/h3-6H,2,7-9H2,1H3,(H,15,16)(H,17,18). The van der Waals surface area contributed by atoms with Crippen molar-refractivity contribution in [1.29, 1.82) is 0 Å². The summed E-state index contributed by atoms with van der Waals surface area (Å²) < 4.78 is 23.3. The molecule has 0 spiro atoms. The summed E-state index contributed by atoms with van der Waals surface area (Å²) in [6, 6.07) is 5.63. The lowest BCUT2D eigenvalue weighted by Gasteiger charge is -2.11. The highest BCUT2D eigenvalue weighted by Crippen LogP contribution is 2.45. The van der Waals surface area contributed by atoms with E-state index < -0.39 is 27.1 Å². The molecule has 0 radical (unpaired) electrons. The summed E-state index contributed by atoms with van der Waals surface area (Å²) in [4.78, 5) is 23.1. The van der Waals surface area contributed by atoms with Crippen LogP contribution in [0, 0.1) is 5.41 Å². The van der Waals surface area contributed by atoms with Gasteiger partial charge in [0.2, 0.25) is 0 Å². The molecule has 1 aliphatic rings. The van der Waals surface area contributed by atoms with E-state index in [9.17, 15) is 18.0 Å². The lowest BCUT2D eigenvalue weighted by Crippen LogP contribution is -2.34. The molecule has 0 unspecified atom stereocenters. The number of hydrogen-bond acceptors (Lipinski definition) is 4. The van der Waals surface area contributed by atoms with Gasteiger partial charge in [0.05, 0.1) is 16.1 Å². The Kier molecular flexibility index (Phi) is 4.04. The van der Waals surface area contributed by atoms with Crippen LogP contribution in [0.1, 0.15) is 30.1 Å². The Morgan fingerprint density at radius 1 is 1.24 bits per heavy atom. The van der Waals surface area contributed by atoms with Crippen LogP contribution in [-0.2, 0) is 14.6 Å². The van der Waals surface area contributed by atoms with Crippen LogP contribution in [0.3, 0.4) is 0 Å². The van der Waals surface area contributed by atoms with E-state index in [4.69, 9.17) is 5.11 Å². The summed E-state index contributed by atoms with van der Waals surface area (Å²) in [6.07, 6.45) is 1.13. The van der Waals surface area contributed by atoms with Gasteiger partial charge in [-0.1, -0.05) is 6.92 Å². The molecule has 0 bridgehead atoms. The first-order valence-corrected chi connectivity index (χ1v) is 8.30. The SMILES string of the molecule is CCS(=O)(=O)c1ccc(C(=O)NCC2(C(=O)O)CC2)cc1. The van der Waals surface area contributed by atoms with E-state index in [1.807, 2.05) is 0 Å². The second-order valence-electron chi connectivity index (χ2n) is 5.20. The van der Waals surface area contributed by atoms with Gasteiger partial charge in [-0.05, 0) is 37.1 Å². The van der Waals surface area contributed by atoms with Crippen LogP contribution in [0.25, 0.3) is 0 Å². The molecular weight excluding hydrogens is 294 g/mol. The van der Waals surface area contributed by atoms with Crippen molar-refractivity contribution in [2.75, 3.05) is 12.3 Å². The Balaban J connectivity index is 2.02. The molecule has 1 fully saturated rings. The van der Waals surface area contributed by atoms with E-state index in [0.29, 0.717) is 18.4 Å². The fraction of sp³-hybridized carbons (Fsp3) is 0.429. The summed E-state index contributed by atoms with van der Waals surface area (Å²) >= 11 is 0. The van der Waals surface area contributed by atoms with Gasteiger partial charge in [-0.3, -0.25) is 9.59 Å². The number of rotatable bonds is 6. The highest BCUT2D eigenvalue weighted by Gasteiger charge is 2.50. The number of carboxylic acids is 1. The minimum atomic E-state index is -3.29. The lowest BCUT2D eigenvalue weighted by atomic mass is 10.1. The number of hydrogen-bond donors (Lipinski definition) is 2. The lowest BCUT2D eigenvalue weighted by molar-refractivity contribution is -0.143. The van der Waals surface area contributed by atoms with Crippen molar-refractivity contribution < 1.29 is 23.1 Å². The van der Waals surface area contributed by atoms with Gasteiger partial charge in [0.15, 0.2) is 9.84 Å². The molecule has 0 heterocycles. The Hall–Kier alpha value is -1.89. The maximum absolute atomic E-state index is 11.9. The van der Waals surface area contributed by atoms with Crippen molar-refractivity contribution >= 4 is 21.7 Å². The first-order valence-electron chi connectivity index (χ1n) is 6.65. The van der Waals surface area contributed by atoms with Gasteiger partial charge in [-0.15, -0.1) is 0 Å². The molecule has 2 N–H and O–H groups in total. The van der Waals surface area contributed by atoms with E-state index in [2.05, 4.69) is 5.32 Å². The first-order chi connectivity index (χ1) is 9.81. The smallest absolute Gasteiger partial charge is 0.311 e. The number of carboxylic acid groups (broad SMARTS) is 1. The number of carbonyl (C=O) groups excluding carboxylic acids is 1. The van der Waals surface area contributed by atoms with Gasteiger partial charge in [0.1, 0.15) is 0 Å². The molecular formula is C14H17NO5S. The summed E-state index contributed by atoms with van der Waals surface area (Å²) in [6.45, 7) is 1.65. The normalized spacial score (nSPS) is 16.2. The van der Waals surface area contributed by atoms with Crippen LogP contribution in [0.4, 0.5) is 0 Å². The summed E-state index contributed by atoms with van der Waals surface area (Å²) in [5, 5.41) is 11.6. The molecule has 2 rings (SSSR count). The monoisotopic (exact) mass is 311 g/mol. The number of aliphatic carboxylic acids is 1. The molecule has 1 aromatic carbocycles. The molecule has 1 amide bonds. The molecule has 0 aliphatic heterocycles. The zero-order chi connectivity index (χ0) is 15.7. The quantitative estimate of drug-likeness (QED) is 0.818. The largest absolute Gasteiger partial charge is 0.481 e. The maximum Gasteiger partial charge on any atom is 0.311 e. The highest BCUT2D eigenvalue weighted by molar-refractivity contribution is 7.91. The van der Waals surface area contributed by atoms with Crippen LogP contribution in [0.5, 0.6) is 0 Å². The number of sulfone groups is 1. The van der Waals surface area contributed by atoms with Gasteiger partial charge >= 0.3 is 5.97 Å². The molecule has 0 aromatic heterocycles. The third-order valence-corrected chi connectivity index (χ3v) is 5.50. The molecule has 1 saturated carbocycles. The first kappa shape index (κ1) is 15.5. The van der Waals surface area contributed by atoms with E-state index in [1.54, 1.807) is 6.92 Å². The summed E-state index contributed by atoms with van der Waals surface area (Å²) in [5.74, 6) is -1.30. The molecule has 21 heavy (non-hydrogen) atoms. The van der Waals surface area contributed by atoms with Crippen molar-refractivity contribution in [2.24, 2.45) is 5.41 Å². The third kappa shape index (κ3) is 3.24. The van der Waals surface area contributed by atoms with Gasteiger partial charge in [-0.25, -0.2) is 8.42 Å². The maximum atomic E-state index is 11.9. The minimum absolute atomic E-state index is 0.000323. The Bertz CT molecular complexity index is 659. The minimum Gasteiger partial charge on any atom is -0.481 e. The van der Waals surface area contributed by atoms with E-state index in [0.717, 1.165) is 0 Å². The van der Waals surface area contributed by atoms with Gasteiger partial charge in [0.25, 0.3) is 5.91 Å². The van der Waals surface area contributed by atoms with Crippen LogP contribution in [0.15, 0.2) is 29.2 Å². The van der Waals surface area contributed by atoms with Gasteiger partial charge in [0, 0.05) is 12.1 Å². The topological polar surface area (TPSA) is 101 Å². The van der Waals surface area contributed by atoms with E-state index in [1.165, 1.54) is 24.3 Å². The second-order valence-corrected chi connectivity index (χ2v) is 7.47. The van der Waals surface area contributed by atoms with Crippen molar-refractivity contribution in [3.8, 4) is 0 Å². The third-order valence-electron chi connectivity index (χ3n) is 3.75. The van der Waals surface area contributed by atoms with Crippen LogP contribution in [0.2, 0.25) is 0 Å². The summed E-state index contributed by atoms with van der Waals surface area (Å²) in [7, 11) is -3.29. The average molecular weight is 311 g/mol. The van der Waals surface area contributed by atoms with Crippen molar-refractivity contribution in [3.63, 3.8) is 0 Å². The van der Waals surface area contributed by atoms with E-state index >= 15 is 0 Å². The van der Waals surface area contributed by atoms with E-state index in [-0.39, 0.29) is 17.2 Å².